The van der Waals surface area contributed by atoms with E-state index in [0.29, 0.717) is 19.4 Å². The number of rotatable bonds is 48. The van der Waals surface area contributed by atoms with Crippen LogP contribution in [0.3, 0.4) is 0 Å². The Labute approximate surface area is 367 Å². The lowest BCUT2D eigenvalue weighted by Gasteiger charge is -2.20. The number of carbonyl (C=O) groups excluding carboxylic acids is 2. The fraction of sp³-hybridized carbons (Fsp3) is 0.887. The van der Waals surface area contributed by atoms with Crippen molar-refractivity contribution in [3.8, 4) is 0 Å². The van der Waals surface area contributed by atoms with Crippen molar-refractivity contribution >= 4 is 11.9 Å². The smallest absolute Gasteiger partial charge is 0.305 e. The van der Waals surface area contributed by atoms with Crippen LogP contribution < -0.4 is 5.32 Å². The molecule has 0 bridgehead atoms. The second-order valence-corrected chi connectivity index (χ2v) is 17.9. The summed E-state index contributed by atoms with van der Waals surface area (Å²) in [6, 6.07) is -0.647. The van der Waals surface area contributed by atoms with E-state index in [9.17, 15) is 19.8 Å². The number of hydrogen-bond donors (Lipinski definition) is 3. The summed E-state index contributed by atoms with van der Waals surface area (Å²) < 4.78 is 5.45. The van der Waals surface area contributed by atoms with Crippen LogP contribution in [0.4, 0.5) is 0 Å². The highest BCUT2D eigenvalue weighted by Gasteiger charge is 2.18. The quantitative estimate of drug-likeness (QED) is 0.0322. The zero-order chi connectivity index (χ0) is 43.0. The van der Waals surface area contributed by atoms with Crippen molar-refractivity contribution in [1.29, 1.82) is 0 Å². The number of aliphatic hydroxyl groups is 2. The van der Waals surface area contributed by atoms with Gasteiger partial charge in [-0.25, -0.2) is 0 Å². The molecule has 0 aliphatic rings. The molecule has 2 unspecified atom stereocenters. The van der Waals surface area contributed by atoms with Crippen LogP contribution in [0.2, 0.25) is 0 Å². The SMILES string of the molecule is CCCCCCCCCCCCC/C=C/C(O)C(CO)NC(=O)CCCCCCC/C=C\CCCCOC(=O)CCCCCCCCCCCCCCCCCCCC. The standard InChI is InChI=1S/C53H101NO5/c1-3-5-7-9-11-13-15-17-18-19-20-21-23-27-31-35-39-43-47-53(58)59-48-44-40-36-32-28-24-26-30-34-38-42-46-52(57)54-50(49-55)51(56)45-41-37-33-29-25-22-16-14-12-10-8-6-4-2/h28,32,41,45,50-51,55-56H,3-27,29-31,33-40,42-44,46-49H2,1-2H3,(H,54,57)/b32-28-,45-41+. The summed E-state index contributed by atoms with van der Waals surface area (Å²) in [6.45, 7) is 4.83. The summed E-state index contributed by atoms with van der Waals surface area (Å²) in [6.07, 6.45) is 57.6. The van der Waals surface area contributed by atoms with E-state index < -0.39 is 12.1 Å². The van der Waals surface area contributed by atoms with Gasteiger partial charge in [0.25, 0.3) is 0 Å². The molecule has 0 aromatic carbocycles. The fourth-order valence-electron chi connectivity index (χ4n) is 7.92. The van der Waals surface area contributed by atoms with E-state index in [1.165, 1.54) is 167 Å². The van der Waals surface area contributed by atoms with Crippen molar-refractivity contribution in [3.05, 3.63) is 24.3 Å². The molecule has 1 amide bonds. The average molecular weight is 832 g/mol. The lowest BCUT2D eigenvalue weighted by atomic mass is 10.0. The van der Waals surface area contributed by atoms with Gasteiger partial charge in [0.2, 0.25) is 5.91 Å². The Morgan fingerprint density at radius 1 is 0.458 bits per heavy atom. The van der Waals surface area contributed by atoms with Gasteiger partial charge in [-0.05, 0) is 57.8 Å². The summed E-state index contributed by atoms with van der Waals surface area (Å²) in [5.74, 6) is -0.126. The third kappa shape index (κ3) is 45.7. The Kier molecular flexibility index (Phi) is 47.6. The third-order valence-corrected chi connectivity index (χ3v) is 12.0. The Morgan fingerprint density at radius 2 is 0.797 bits per heavy atom. The maximum Gasteiger partial charge on any atom is 0.305 e. The van der Waals surface area contributed by atoms with Gasteiger partial charge in [0.05, 0.1) is 25.4 Å². The highest BCUT2D eigenvalue weighted by atomic mass is 16.5. The molecule has 59 heavy (non-hydrogen) atoms. The minimum absolute atomic E-state index is 0.0290. The molecule has 0 aliphatic carbocycles. The summed E-state index contributed by atoms with van der Waals surface area (Å²) >= 11 is 0. The monoisotopic (exact) mass is 832 g/mol. The van der Waals surface area contributed by atoms with Crippen LogP contribution >= 0.6 is 0 Å². The maximum atomic E-state index is 12.4. The van der Waals surface area contributed by atoms with E-state index in [1.807, 2.05) is 6.08 Å². The second-order valence-electron chi connectivity index (χ2n) is 17.9. The molecule has 0 saturated carbocycles. The molecular weight excluding hydrogens is 731 g/mol. The van der Waals surface area contributed by atoms with E-state index in [1.54, 1.807) is 6.08 Å². The van der Waals surface area contributed by atoms with Gasteiger partial charge in [-0.15, -0.1) is 0 Å². The minimum Gasteiger partial charge on any atom is -0.466 e. The predicted octanol–water partition coefficient (Wildman–Crippen LogP) is 15.5. The number of unbranched alkanes of at least 4 members (excludes halogenated alkanes) is 35. The van der Waals surface area contributed by atoms with Gasteiger partial charge in [-0.3, -0.25) is 9.59 Å². The summed E-state index contributed by atoms with van der Waals surface area (Å²) in [4.78, 5) is 24.5. The van der Waals surface area contributed by atoms with Crippen molar-refractivity contribution in [2.24, 2.45) is 0 Å². The zero-order valence-corrected chi connectivity index (χ0v) is 39.5. The van der Waals surface area contributed by atoms with Crippen molar-refractivity contribution in [2.45, 2.75) is 289 Å². The number of esters is 1. The number of ether oxygens (including phenoxy) is 1. The van der Waals surface area contributed by atoms with E-state index in [2.05, 4.69) is 31.3 Å². The second kappa shape index (κ2) is 49.0. The molecule has 0 saturated heterocycles. The number of aliphatic hydroxyl groups excluding tert-OH is 2. The van der Waals surface area contributed by atoms with Gasteiger partial charge in [-0.2, -0.15) is 0 Å². The summed E-state index contributed by atoms with van der Waals surface area (Å²) in [5, 5.41) is 23.0. The molecular formula is C53H101NO5. The number of allylic oxidation sites excluding steroid dienone is 3. The molecule has 0 radical (unpaired) electrons. The first-order valence-electron chi connectivity index (χ1n) is 26.1. The number of carbonyl (C=O) groups is 2. The van der Waals surface area contributed by atoms with Crippen LogP contribution in [0.25, 0.3) is 0 Å². The Balaban J connectivity index is 3.51. The lowest BCUT2D eigenvalue weighted by Crippen LogP contribution is -2.45. The van der Waals surface area contributed by atoms with Crippen LogP contribution in [0.5, 0.6) is 0 Å². The molecule has 0 aromatic rings. The normalized spacial score (nSPS) is 12.8. The first-order chi connectivity index (χ1) is 29.0. The Bertz CT molecular complexity index is 920. The average Bonchev–Trinajstić information content (AvgIpc) is 3.24. The van der Waals surface area contributed by atoms with Crippen LogP contribution in [-0.2, 0) is 14.3 Å². The highest BCUT2D eigenvalue weighted by molar-refractivity contribution is 5.76. The van der Waals surface area contributed by atoms with Crippen LogP contribution in [0.15, 0.2) is 24.3 Å². The van der Waals surface area contributed by atoms with Crippen LogP contribution in [0, 0.1) is 0 Å². The van der Waals surface area contributed by atoms with E-state index in [-0.39, 0.29) is 18.5 Å². The largest absolute Gasteiger partial charge is 0.466 e. The van der Waals surface area contributed by atoms with Crippen molar-refractivity contribution in [3.63, 3.8) is 0 Å². The Morgan fingerprint density at radius 3 is 1.20 bits per heavy atom. The molecule has 0 rings (SSSR count). The zero-order valence-electron chi connectivity index (χ0n) is 39.5. The molecule has 2 atom stereocenters. The molecule has 0 fully saturated rings. The number of hydrogen-bond acceptors (Lipinski definition) is 5. The lowest BCUT2D eigenvalue weighted by molar-refractivity contribution is -0.143. The van der Waals surface area contributed by atoms with Crippen LogP contribution in [-0.4, -0.2) is 47.4 Å². The van der Waals surface area contributed by atoms with E-state index in [0.717, 1.165) is 83.5 Å². The molecule has 0 aliphatic heterocycles. The minimum atomic E-state index is -0.861. The van der Waals surface area contributed by atoms with Crippen molar-refractivity contribution in [2.75, 3.05) is 13.2 Å². The third-order valence-electron chi connectivity index (χ3n) is 12.0. The molecule has 6 heteroatoms. The number of nitrogens with one attached hydrogen (secondary N) is 1. The topological polar surface area (TPSA) is 95.9 Å². The molecule has 0 spiro atoms. The van der Waals surface area contributed by atoms with Gasteiger partial charge in [0.1, 0.15) is 0 Å². The van der Waals surface area contributed by atoms with Crippen molar-refractivity contribution < 1.29 is 24.5 Å². The highest BCUT2D eigenvalue weighted by Crippen LogP contribution is 2.16. The van der Waals surface area contributed by atoms with E-state index in [4.69, 9.17) is 4.74 Å². The van der Waals surface area contributed by atoms with Gasteiger partial charge in [-0.1, -0.05) is 231 Å². The van der Waals surface area contributed by atoms with Crippen molar-refractivity contribution in [1.82, 2.24) is 5.32 Å². The predicted molar refractivity (Wildman–Crippen MR) is 255 cm³/mol. The maximum absolute atomic E-state index is 12.4. The molecule has 348 valence electrons. The van der Waals surface area contributed by atoms with E-state index >= 15 is 0 Å². The molecule has 3 N–H and O–H groups in total. The summed E-state index contributed by atoms with van der Waals surface area (Å²) in [7, 11) is 0. The molecule has 0 heterocycles. The van der Waals surface area contributed by atoms with Gasteiger partial charge in [0.15, 0.2) is 0 Å². The van der Waals surface area contributed by atoms with Crippen LogP contribution in [0.1, 0.15) is 277 Å². The van der Waals surface area contributed by atoms with Gasteiger partial charge >= 0.3 is 5.97 Å². The molecule has 0 aromatic heterocycles. The first kappa shape index (κ1) is 57.3. The van der Waals surface area contributed by atoms with Gasteiger partial charge < -0.3 is 20.3 Å². The molecule has 6 nitrogen and oxygen atoms in total. The first-order valence-corrected chi connectivity index (χ1v) is 26.1. The van der Waals surface area contributed by atoms with Gasteiger partial charge in [0, 0.05) is 12.8 Å². The fourth-order valence-corrected chi connectivity index (χ4v) is 7.92. The summed E-state index contributed by atoms with van der Waals surface area (Å²) in [5.41, 5.74) is 0. The number of amides is 1. The Hall–Kier alpha value is -1.66.